The molecule has 0 heterocycles. The van der Waals surface area contributed by atoms with E-state index in [4.69, 9.17) is 11.6 Å². The van der Waals surface area contributed by atoms with Gasteiger partial charge in [0.25, 0.3) is 5.91 Å². The smallest absolute Gasteiger partial charge is 0.255 e. The molecule has 0 aliphatic heterocycles. The highest BCUT2D eigenvalue weighted by molar-refractivity contribution is 7.89. The third-order valence-electron chi connectivity index (χ3n) is 3.76. The fraction of sp³-hybridized carbons (Fsp3) is 0.278. The number of sulfonamides is 1. The maximum Gasteiger partial charge on any atom is 0.255 e. The molecule has 0 atom stereocenters. The molecule has 7 heteroatoms. The summed E-state index contributed by atoms with van der Waals surface area (Å²) in [6.45, 7) is 4.14. The van der Waals surface area contributed by atoms with Crippen molar-refractivity contribution < 1.29 is 13.2 Å². The zero-order valence-electron chi connectivity index (χ0n) is 14.6. The van der Waals surface area contributed by atoms with Crippen molar-refractivity contribution in [1.29, 1.82) is 0 Å². The number of rotatable bonds is 5. The molecule has 25 heavy (non-hydrogen) atoms. The molecule has 2 aromatic rings. The van der Waals surface area contributed by atoms with Crippen molar-refractivity contribution in [2.24, 2.45) is 0 Å². The third-order valence-corrected chi connectivity index (χ3v) is 6.06. The van der Waals surface area contributed by atoms with Crippen LogP contribution < -0.4 is 5.32 Å². The van der Waals surface area contributed by atoms with Gasteiger partial charge in [0.05, 0.1) is 5.02 Å². The predicted octanol–water partition coefficient (Wildman–Crippen LogP) is 3.97. The Morgan fingerprint density at radius 3 is 2.40 bits per heavy atom. The molecule has 1 N–H and O–H groups in total. The zero-order valence-corrected chi connectivity index (χ0v) is 16.1. The number of amides is 1. The number of carbonyl (C=O) groups is 1. The molecule has 0 saturated carbocycles. The van der Waals surface area contributed by atoms with Crippen LogP contribution in [0.15, 0.2) is 47.4 Å². The second kappa shape index (κ2) is 7.56. The highest BCUT2D eigenvalue weighted by Gasteiger charge is 2.22. The van der Waals surface area contributed by atoms with Gasteiger partial charge in [-0.05, 0) is 41.8 Å². The van der Waals surface area contributed by atoms with Crippen LogP contribution in [-0.4, -0.2) is 32.7 Å². The van der Waals surface area contributed by atoms with Crippen LogP contribution in [0.3, 0.4) is 0 Å². The standard InChI is InChI=1S/C18H21ClN2O3S/c1-12(2)13-6-5-7-15(10-13)20-18(22)14-8-9-16(19)17(11-14)25(23,24)21(3)4/h5-12H,1-4H3,(H,20,22). The molecule has 0 unspecified atom stereocenters. The monoisotopic (exact) mass is 380 g/mol. The van der Waals surface area contributed by atoms with E-state index in [0.717, 1.165) is 9.87 Å². The molecule has 0 aromatic heterocycles. The summed E-state index contributed by atoms with van der Waals surface area (Å²) in [4.78, 5) is 12.4. The quantitative estimate of drug-likeness (QED) is 0.853. The van der Waals surface area contributed by atoms with E-state index >= 15 is 0 Å². The second-order valence-corrected chi connectivity index (χ2v) is 8.69. The minimum absolute atomic E-state index is 0.0760. The number of carbonyl (C=O) groups excluding carboxylic acids is 1. The highest BCUT2D eigenvalue weighted by Crippen LogP contribution is 2.25. The Hall–Kier alpha value is -1.89. The number of nitrogens with one attached hydrogen (secondary N) is 1. The van der Waals surface area contributed by atoms with E-state index < -0.39 is 15.9 Å². The number of hydrogen-bond acceptors (Lipinski definition) is 3. The van der Waals surface area contributed by atoms with Gasteiger partial charge < -0.3 is 5.32 Å². The number of nitrogens with zero attached hydrogens (tertiary/aromatic N) is 1. The number of hydrogen-bond donors (Lipinski definition) is 1. The van der Waals surface area contributed by atoms with Crippen molar-refractivity contribution in [3.8, 4) is 0 Å². The van der Waals surface area contributed by atoms with Crippen molar-refractivity contribution in [3.63, 3.8) is 0 Å². The van der Waals surface area contributed by atoms with Gasteiger partial charge in [-0.15, -0.1) is 0 Å². The molecule has 0 radical (unpaired) electrons. The lowest BCUT2D eigenvalue weighted by atomic mass is 10.0. The van der Waals surface area contributed by atoms with Crippen LogP contribution in [0.1, 0.15) is 35.7 Å². The maximum absolute atomic E-state index is 12.5. The summed E-state index contributed by atoms with van der Waals surface area (Å²) in [5.74, 6) is -0.0583. The summed E-state index contributed by atoms with van der Waals surface area (Å²) in [5.41, 5.74) is 1.98. The van der Waals surface area contributed by atoms with Gasteiger partial charge in [0, 0.05) is 25.3 Å². The fourth-order valence-corrected chi connectivity index (χ4v) is 3.61. The minimum Gasteiger partial charge on any atom is -0.322 e. The van der Waals surface area contributed by atoms with Crippen LogP contribution in [0, 0.1) is 0 Å². The molecular formula is C18H21ClN2O3S. The Morgan fingerprint density at radius 1 is 1.12 bits per heavy atom. The summed E-state index contributed by atoms with van der Waals surface area (Å²) in [5, 5.41) is 2.87. The summed E-state index contributed by atoms with van der Waals surface area (Å²) >= 11 is 6.01. The lowest BCUT2D eigenvalue weighted by molar-refractivity contribution is 0.102. The molecule has 134 valence electrons. The first kappa shape index (κ1) is 19.4. The van der Waals surface area contributed by atoms with E-state index in [1.165, 1.54) is 32.3 Å². The number of halogens is 1. The van der Waals surface area contributed by atoms with Crippen molar-refractivity contribution >= 4 is 33.2 Å². The molecule has 0 aliphatic carbocycles. The molecule has 2 aromatic carbocycles. The average molecular weight is 381 g/mol. The van der Waals surface area contributed by atoms with Crippen LogP contribution in [0.4, 0.5) is 5.69 Å². The zero-order chi connectivity index (χ0) is 18.8. The van der Waals surface area contributed by atoms with E-state index in [0.29, 0.717) is 11.6 Å². The molecule has 0 spiro atoms. The number of benzene rings is 2. The molecular weight excluding hydrogens is 360 g/mol. The normalized spacial score (nSPS) is 11.8. The van der Waals surface area contributed by atoms with Crippen LogP contribution in [0.5, 0.6) is 0 Å². The highest BCUT2D eigenvalue weighted by atomic mass is 35.5. The Morgan fingerprint density at radius 2 is 1.80 bits per heavy atom. The first-order valence-corrected chi connectivity index (χ1v) is 9.58. The largest absolute Gasteiger partial charge is 0.322 e. The van der Waals surface area contributed by atoms with Gasteiger partial charge >= 0.3 is 0 Å². The molecule has 5 nitrogen and oxygen atoms in total. The Labute approximate surface area is 153 Å². The van der Waals surface area contributed by atoms with Gasteiger partial charge in [-0.2, -0.15) is 0 Å². The fourth-order valence-electron chi connectivity index (χ4n) is 2.22. The van der Waals surface area contributed by atoms with Gasteiger partial charge in [-0.1, -0.05) is 37.6 Å². The van der Waals surface area contributed by atoms with E-state index in [2.05, 4.69) is 19.2 Å². The van der Waals surface area contributed by atoms with Crippen LogP contribution in [0.2, 0.25) is 5.02 Å². The SMILES string of the molecule is CC(C)c1cccc(NC(=O)c2ccc(Cl)c(S(=O)(=O)N(C)C)c2)c1. The lowest BCUT2D eigenvalue weighted by Gasteiger charge is -2.14. The summed E-state index contributed by atoms with van der Waals surface area (Å²) in [7, 11) is -0.908. The van der Waals surface area contributed by atoms with Gasteiger partial charge in [0.15, 0.2) is 0 Å². The third kappa shape index (κ3) is 4.39. The van der Waals surface area contributed by atoms with Gasteiger partial charge in [0.1, 0.15) is 4.90 Å². The van der Waals surface area contributed by atoms with Crippen LogP contribution >= 0.6 is 11.6 Å². The van der Waals surface area contributed by atoms with Gasteiger partial charge in [0.2, 0.25) is 10.0 Å². The lowest BCUT2D eigenvalue weighted by Crippen LogP contribution is -2.23. The van der Waals surface area contributed by atoms with Gasteiger partial charge in [-0.3, -0.25) is 4.79 Å². The summed E-state index contributed by atoms with van der Waals surface area (Å²) in [6.07, 6.45) is 0. The predicted molar refractivity (Wildman–Crippen MR) is 101 cm³/mol. The maximum atomic E-state index is 12.5. The molecule has 1 amide bonds. The Kier molecular flexibility index (Phi) is 5.87. The average Bonchev–Trinajstić information content (AvgIpc) is 2.55. The Bertz CT molecular complexity index is 893. The van der Waals surface area contributed by atoms with Crippen molar-refractivity contribution in [3.05, 3.63) is 58.6 Å². The first-order chi connectivity index (χ1) is 11.6. The van der Waals surface area contributed by atoms with Crippen molar-refractivity contribution in [2.45, 2.75) is 24.7 Å². The van der Waals surface area contributed by atoms with Crippen molar-refractivity contribution in [1.82, 2.24) is 4.31 Å². The topological polar surface area (TPSA) is 66.5 Å². The Balaban J connectivity index is 2.33. The molecule has 0 aliphatic rings. The van der Waals surface area contributed by atoms with Crippen LogP contribution in [0.25, 0.3) is 0 Å². The number of anilines is 1. The molecule has 2 rings (SSSR count). The molecule has 0 bridgehead atoms. The first-order valence-electron chi connectivity index (χ1n) is 7.76. The molecule has 0 saturated heterocycles. The van der Waals surface area contributed by atoms with E-state index in [1.54, 1.807) is 6.07 Å². The van der Waals surface area contributed by atoms with E-state index in [-0.39, 0.29) is 15.5 Å². The van der Waals surface area contributed by atoms with E-state index in [1.807, 2.05) is 18.2 Å². The van der Waals surface area contributed by atoms with Gasteiger partial charge in [-0.25, -0.2) is 12.7 Å². The minimum atomic E-state index is -3.73. The second-order valence-electron chi connectivity index (χ2n) is 6.17. The summed E-state index contributed by atoms with van der Waals surface area (Å²) in [6, 6.07) is 11.8. The molecule has 0 fully saturated rings. The van der Waals surface area contributed by atoms with E-state index in [9.17, 15) is 13.2 Å². The summed E-state index contributed by atoms with van der Waals surface area (Å²) < 4.78 is 25.7. The van der Waals surface area contributed by atoms with Crippen LogP contribution in [-0.2, 0) is 10.0 Å². The van der Waals surface area contributed by atoms with Crippen molar-refractivity contribution in [2.75, 3.05) is 19.4 Å².